The zero-order valence-electron chi connectivity index (χ0n) is 29.0. The van der Waals surface area contributed by atoms with Crippen molar-refractivity contribution in [2.24, 2.45) is 10.8 Å². The average molecular weight is 597 g/mol. The fourth-order valence-electron chi connectivity index (χ4n) is 5.43. The number of rotatable bonds is 30. The summed E-state index contributed by atoms with van der Waals surface area (Å²) in [6.45, 7) is 13.5. The summed E-state index contributed by atoms with van der Waals surface area (Å²) in [5.41, 5.74) is -0.873. The van der Waals surface area contributed by atoms with Crippen molar-refractivity contribution < 1.29 is 24.2 Å². The van der Waals surface area contributed by atoms with Crippen LogP contribution in [-0.4, -0.2) is 36.4 Å². The first kappa shape index (κ1) is 40.9. The number of hydrogen-bond acceptors (Lipinski definition) is 5. The van der Waals surface area contributed by atoms with E-state index in [0.717, 1.165) is 89.9 Å². The Kier molecular flexibility index (Phi) is 25.6. The summed E-state index contributed by atoms with van der Waals surface area (Å²) in [4.78, 5) is 25.0. The molecule has 0 aromatic heterocycles. The van der Waals surface area contributed by atoms with Gasteiger partial charge in [-0.3, -0.25) is 9.59 Å². The summed E-state index contributed by atoms with van der Waals surface area (Å²) < 4.78 is 11.1. The van der Waals surface area contributed by atoms with Crippen molar-refractivity contribution in [1.82, 2.24) is 0 Å². The van der Waals surface area contributed by atoms with Gasteiger partial charge in [0.1, 0.15) is 0 Å². The summed E-state index contributed by atoms with van der Waals surface area (Å²) in [7, 11) is 0. The van der Waals surface area contributed by atoms with E-state index in [1.54, 1.807) is 0 Å². The van der Waals surface area contributed by atoms with Crippen molar-refractivity contribution in [3.8, 4) is 0 Å². The van der Waals surface area contributed by atoms with Crippen molar-refractivity contribution in [3.63, 3.8) is 0 Å². The summed E-state index contributed by atoms with van der Waals surface area (Å²) in [6.07, 6.45) is 26.1. The molecule has 0 amide bonds. The second kappa shape index (κ2) is 26.3. The number of carbonyl (C=O) groups is 2. The van der Waals surface area contributed by atoms with Gasteiger partial charge in [-0.25, -0.2) is 0 Å². The second-order valence-electron chi connectivity index (χ2n) is 14.1. The molecule has 0 atom stereocenters. The van der Waals surface area contributed by atoms with E-state index in [0.29, 0.717) is 13.2 Å². The second-order valence-corrected chi connectivity index (χ2v) is 14.1. The van der Waals surface area contributed by atoms with Crippen LogP contribution in [0, 0.1) is 10.8 Å². The highest BCUT2D eigenvalue weighted by atomic mass is 16.5. The fourth-order valence-corrected chi connectivity index (χ4v) is 5.43. The Morgan fingerprint density at radius 1 is 0.500 bits per heavy atom. The summed E-state index contributed by atoms with van der Waals surface area (Å²) in [5.74, 6) is -0.142. The third-order valence-electron chi connectivity index (χ3n) is 8.75. The maximum absolute atomic E-state index is 12.5. The largest absolute Gasteiger partial charge is 0.465 e. The predicted molar refractivity (Wildman–Crippen MR) is 178 cm³/mol. The Labute approximate surface area is 261 Å². The molecule has 250 valence electrons. The Morgan fingerprint density at radius 2 is 0.810 bits per heavy atom. The van der Waals surface area contributed by atoms with Crippen LogP contribution >= 0.6 is 0 Å². The minimum absolute atomic E-state index is 0.0712. The molecule has 0 saturated carbocycles. The molecule has 0 aliphatic heterocycles. The maximum atomic E-state index is 12.5. The number of aliphatic hydroxyl groups excluding tert-OH is 1. The zero-order chi connectivity index (χ0) is 31.5. The number of ether oxygens (including phenoxy) is 2. The standard InChI is InChI=1S/C37H72O5/c1-7-9-11-13-15-17-25-31-41-34(39)36(3,4)29-23-19-21-27-33(38)28-22-20-24-30-37(5,6)35(40)42-32-26-18-16-14-12-10-8-2/h33,38H,7-32H2,1-6H3. The average Bonchev–Trinajstić information content (AvgIpc) is 2.95. The minimum Gasteiger partial charge on any atom is -0.465 e. The van der Waals surface area contributed by atoms with Crippen LogP contribution in [0.3, 0.4) is 0 Å². The molecule has 0 spiro atoms. The van der Waals surface area contributed by atoms with Gasteiger partial charge in [-0.1, -0.05) is 129 Å². The number of carbonyl (C=O) groups excluding carboxylic acids is 2. The van der Waals surface area contributed by atoms with Crippen molar-refractivity contribution in [2.45, 2.75) is 202 Å². The van der Waals surface area contributed by atoms with E-state index in [-0.39, 0.29) is 18.0 Å². The Bertz CT molecular complexity index is 588. The lowest BCUT2D eigenvalue weighted by Crippen LogP contribution is -2.27. The molecule has 0 fully saturated rings. The first-order chi connectivity index (χ1) is 20.1. The number of hydrogen-bond donors (Lipinski definition) is 1. The molecule has 0 aliphatic carbocycles. The fraction of sp³-hybridized carbons (Fsp3) is 0.946. The van der Waals surface area contributed by atoms with Gasteiger partial charge in [0.05, 0.1) is 30.1 Å². The third-order valence-corrected chi connectivity index (χ3v) is 8.75. The molecule has 42 heavy (non-hydrogen) atoms. The van der Waals surface area contributed by atoms with Crippen LogP contribution in [0.5, 0.6) is 0 Å². The SMILES string of the molecule is CCCCCCCCCOC(=O)C(C)(C)CCCCCC(O)CCCCCC(C)(C)C(=O)OCCCCCCCCC. The summed E-state index contributed by atoms with van der Waals surface area (Å²) in [6, 6.07) is 0. The van der Waals surface area contributed by atoms with Crippen LogP contribution in [0.2, 0.25) is 0 Å². The van der Waals surface area contributed by atoms with Gasteiger partial charge in [0, 0.05) is 0 Å². The molecule has 0 aromatic carbocycles. The Balaban J connectivity index is 3.79. The van der Waals surface area contributed by atoms with Gasteiger partial charge in [-0.15, -0.1) is 0 Å². The van der Waals surface area contributed by atoms with Crippen LogP contribution in [0.15, 0.2) is 0 Å². The molecular weight excluding hydrogens is 524 g/mol. The smallest absolute Gasteiger partial charge is 0.311 e. The lowest BCUT2D eigenvalue weighted by molar-refractivity contribution is -0.155. The molecule has 5 heteroatoms. The van der Waals surface area contributed by atoms with E-state index < -0.39 is 10.8 Å². The Hall–Kier alpha value is -1.10. The molecule has 0 bridgehead atoms. The number of aliphatic hydroxyl groups is 1. The van der Waals surface area contributed by atoms with Crippen molar-refractivity contribution in [2.75, 3.05) is 13.2 Å². The quantitative estimate of drug-likeness (QED) is 0.0659. The van der Waals surface area contributed by atoms with Crippen LogP contribution in [-0.2, 0) is 19.1 Å². The first-order valence-corrected chi connectivity index (χ1v) is 18.1. The Morgan fingerprint density at radius 3 is 1.17 bits per heavy atom. The van der Waals surface area contributed by atoms with Crippen LogP contribution in [0.4, 0.5) is 0 Å². The lowest BCUT2D eigenvalue weighted by atomic mass is 9.86. The highest BCUT2D eigenvalue weighted by molar-refractivity contribution is 5.76. The summed E-state index contributed by atoms with van der Waals surface area (Å²) in [5, 5.41) is 10.4. The molecular formula is C37H72O5. The van der Waals surface area contributed by atoms with E-state index >= 15 is 0 Å². The summed E-state index contributed by atoms with van der Waals surface area (Å²) >= 11 is 0. The van der Waals surface area contributed by atoms with Crippen LogP contribution < -0.4 is 0 Å². The molecule has 0 aliphatic rings. The van der Waals surface area contributed by atoms with Gasteiger partial charge in [-0.2, -0.15) is 0 Å². The lowest BCUT2D eigenvalue weighted by Gasteiger charge is -2.23. The van der Waals surface area contributed by atoms with Gasteiger partial charge in [-0.05, 0) is 66.2 Å². The molecule has 1 N–H and O–H groups in total. The van der Waals surface area contributed by atoms with E-state index in [1.165, 1.54) is 64.2 Å². The van der Waals surface area contributed by atoms with Gasteiger partial charge in [0.2, 0.25) is 0 Å². The maximum Gasteiger partial charge on any atom is 0.311 e. The molecule has 0 radical (unpaired) electrons. The van der Waals surface area contributed by atoms with Crippen LogP contribution in [0.1, 0.15) is 196 Å². The predicted octanol–water partition coefficient (Wildman–Crippen LogP) is 10.9. The first-order valence-electron chi connectivity index (χ1n) is 18.1. The normalized spacial score (nSPS) is 12.2. The third kappa shape index (κ3) is 23.4. The van der Waals surface area contributed by atoms with Gasteiger partial charge < -0.3 is 14.6 Å². The number of unbranched alkanes of at least 4 members (excludes halogenated alkanes) is 16. The van der Waals surface area contributed by atoms with Crippen molar-refractivity contribution in [1.29, 1.82) is 0 Å². The highest BCUT2D eigenvalue weighted by Gasteiger charge is 2.29. The van der Waals surface area contributed by atoms with Gasteiger partial charge >= 0.3 is 11.9 Å². The highest BCUT2D eigenvalue weighted by Crippen LogP contribution is 2.28. The van der Waals surface area contributed by atoms with Crippen molar-refractivity contribution >= 4 is 11.9 Å². The van der Waals surface area contributed by atoms with Crippen LogP contribution in [0.25, 0.3) is 0 Å². The van der Waals surface area contributed by atoms with E-state index in [1.807, 2.05) is 27.7 Å². The molecule has 0 rings (SSSR count). The van der Waals surface area contributed by atoms with Gasteiger partial charge in [0.15, 0.2) is 0 Å². The molecule has 5 nitrogen and oxygen atoms in total. The van der Waals surface area contributed by atoms with E-state index in [9.17, 15) is 14.7 Å². The number of esters is 2. The molecule has 0 unspecified atom stereocenters. The molecule has 0 aromatic rings. The molecule has 0 saturated heterocycles. The van der Waals surface area contributed by atoms with E-state index in [2.05, 4.69) is 13.8 Å². The van der Waals surface area contributed by atoms with Crippen molar-refractivity contribution in [3.05, 3.63) is 0 Å². The molecule has 0 heterocycles. The zero-order valence-corrected chi connectivity index (χ0v) is 29.0. The monoisotopic (exact) mass is 597 g/mol. The topological polar surface area (TPSA) is 72.8 Å². The van der Waals surface area contributed by atoms with Gasteiger partial charge in [0.25, 0.3) is 0 Å². The van der Waals surface area contributed by atoms with E-state index in [4.69, 9.17) is 9.47 Å². The minimum atomic E-state index is -0.437.